The lowest BCUT2D eigenvalue weighted by Crippen LogP contribution is -2.59. The van der Waals surface area contributed by atoms with Gasteiger partial charge in [0.1, 0.15) is 54.5 Å². The number of H-pyrrole nitrogens is 1. The third-order valence-electron chi connectivity index (χ3n) is 8.85. The number of ether oxygens (including phenoxy) is 3. The second kappa shape index (κ2) is 14.8. The number of rotatable bonds is 10. The van der Waals surface area contributed by atoms with Gasteiger partial charge in [0.2, 0.25) is 5.91 Å². The predicted octanol–water partition coefficient (Wildman–Crippen LogP) is -2.81. The Kier molecular flexibility index (Phi) is 10.9. The van der Waals surface area contributed by atoms with Gasteiger partial charge in [-0.2, -0.15) is 0 Å². The van der Waals surface area contributed by atoms with Crippen molar-refractivity contribution in [1.29, 1.82) is 0 Å². The molecule has 0 radical (unpaired) electrons. The topological polar surface area (TPSA) is 242 Å². The van der Waals surface area contributed by atoms with E-state index in [-0.39, 0.29) is 18.8 Å². The maximum atomic E-state index is 14.2. The van der Waals surface area contributed by atoms with Gasteiger partial charge in [-0.05, 0) is 37.2 Å². The Morgan fingerprint density at radius 2 is 1.75 bits per heavy atom. The lowest BCUT2D eigenvalue weighted by Gasteiger charge is -2.38. The first-order valence-electron chi connectivity index (χ1n) is 15.6. The second-order valence-corrected chi connectivity index (χ2v) is 12.1. The molecule has 0 aliphatic carbocycles. The van der Waals surface area contributed by atoms with Gasteiger partial charge in [0.05, 0.1) is 0 Å². The summed E-state index contributed by atoms with van der Waals surface area (Å²) in [5.74, 6) is -1.24. The van der Waals surface area contributed by atoms with E-state index in [4.69, 9.17) is 19.9 Å². The van der Waals surface area contributed by atoms with Gasteiger partial charge >= 0.3 is 5.69 Å². The van der Waals surface area contributed by atoms with Crippen LogP contribution in [-0.2, 0) is 30.2 Å². The van der Waals surface area contributed by atoms with E-state index in [0.29, 0.717) is 5.69 Å². The number of benzene rings is 1. The maximum Gasteiger partial charge on any atom is 0.330 e. The summed E-state index contributed by atoms with van der Waals surface area (Å²) in [6.07, 6.45) is -9.27. The monoisotopic (exact) mass is 674 g/mol. The Morgan fingerprint density at radius 1 is 1.04 bits per heavy atom. The van der Waals surface area contributed by atoms with Crippen molar-refractivity contribution in [2.45, 2.75) is 81.1 Å². The lowest BCUT2D eigenvalue weighted by molar-refractivity contribution is -0.232. The molecule has 2 aromatic rings. The van der Waals surface area contributed by atoms with E-state index in [9.17, 15) is 39.6 Å². The highest BCUT2D eigenvalue weighted by molar-refractivity contribution is 6.06. The molecule has 4 heterocycles. The van der Waals surface area contributed by atoms with Gasteiger partial charge < -0.3 is 50.6 Å². The van der Waals surface area contributed by atoms with E-state index in [2.05, 4.69) is 12.2 Å². The fourth-order valence-corrected chi connectivity index (χ4v) is 6.18. The van der Waals surface area contributed by atoms with E-state index in [1.54, 1.807) is 19.2 Å². The van der Waals surface area contributed by atoms with Crippen LogP contribution >= 0.6 is 0 Å². The molecular formula is C31H42N6O11. The number of aromatic amines is 1. The molecule has 0 saturated carbocycles. The molecule has 10 atom stereocenters. The van der Waals surface area contributed by atoms with Gasteiger partial charge in [0.25, 0.3) is 11.5 Å². The van der Waals surface area contributed by atoms with Crippen molar-refractivity contribution in [3.63, 3.8) is 0 Å². The van der Waals surface area contributed by atoms with Crippen LogP contribution in [0.25, 0.3) is 0 Å². The smallest absolute Gasteiger partial charge is 0.330 e. The maximum absolute atomic E-state index is 14.2. The zero-order valence-corrected chi connectivity index (χ0v) is 26.7. The summed E-state index contributed by atoms with van der Waals surface area (Å²) < 4.78 is 18.6. The number of aryl methyl sites for hydroxylation is 1. The van der Waals surface area contributed by atoms with Crippen molar-refractivity contribution < 1.29 is 44.2 Å². The van der Waals surface area contributed by atoms with Crippen molar-refractivity contribution in [3.8, 4) is 0 Å². The van der Waals surface area contributed by atoms with Gasteiger partial charge in [0, 0.05) is 38.1 Å². The number of hydrogen-bond acceptors (Lipinski definition) is 13. The fourth-order valence-electron chi connectivity index (χ4n) is 6.18. The Morgan fingerprint density at radius 3 is 2.38 bits per heavy atom. The zero-order valence-electron chi connectivity index (χ0n) is 26.7. The minimum Gasteiger partial charge on any atom is -0.387 e. The predicted molar refractivity (Wildman–Crippen MR) is 168 cm³/mol. The van der Waals surface area contributed by atoms with Gasteiger partial charge in [-0.1, -0.05) is 25.5 Å². The van der Waals surface area contributed by atoms with Gasteiger partial charge in [-0.15, -0.1) is 0 Å². The number of likely N-dealkylation sites (N-methyl/N-ethyl adjacent to an activating group) is 2. The van der Waals surface area contributed by atoms with Crippen LogP contribution in [0.3, 0.4) is 0 Å². The summed E-state index contributed by atoms with van der Waals surface area (Å²) in [6, 6.07) is 7.03. The number of carbonyl (C=O) groups is 2. The van der Waals surface area contributed by atoms with Crippen LogP contribution in [0.4, 0.5) is 5.69 Å². The molecular weight excluding hydrogens is 632 g/mol. The molecule has 2 saturated heterocycles. The molecule has 2 amide bonds. The Hall–Kier alpha value is -3.78. The standard InChI is InChI=1S/C31H42N6O11/c1-4-5-15-6-8-16(9-7-15)33-27(43)17-10-12-35(2)20(28(44)36(17)3)25(48-30-24(42)21(39)18(14-32)46-30)26-22(40)23(41)29(47-26)37-13-11-19(38)34-31(37)45/h6-11,13,18,20-26,29-30,39-42H,4-5,12,14,32H2,1-3H3,(H,33,43)(H,34,38,45)/t18?,20-,21?,22?,23?,24?,25-,26?,29?,30?/m0/s1. The van der Waals surface area contributed by atoms with E-state index in [1.165, 1.54) is 18.0 Å². The molecule has 0 bridgehead atoms. The van der Waals surface area contributed by atoms with E-state index in [0.717, 1.165) is 40.1 Å². The summed E-state index contributed by atoms with van der Waals surface area (Å²) in [4.78, 5) is 56.5. The highest BCUT2D eigenvalue weighted by Crippen LogP contribution is 2.36. The molecule has 17 heteroatoms. The van der Waals surface area contributed by atoms with E-state index >= 15 is 0 Å². The van der Waals surface area contributed by atoms with Gasteiger partial charge in [0.15, 0.2) is 12.5 Å². The summed E-state index contributed by atoms with van der Waals surface area (Å²) in [5, 5.41) is 46.2. The molecule has 3 aliphatic rings. The molecule has 262 valence electrons. The zero-order chi connectivity index (χ0) is 34.9. The van der Waals surface area contributed by atoms with Crippen molar-refractivity contribution in [2.24, 2.45) is 5.73 Å². The number of aliphatic hydroxyl groups is 4. The highest BCUT2D eigenvalue weighted by Gasteiger charge is 2.55. The molecule has 5 rings (SSSR count). The van der Waals surface area contributed by atoms with Crippen LogP contribution in [0.2, 0.25) is 0 Å². The molecule has 1 aromatic heterocycles. The fraction of sp³-hybridized carbons (Fsp3) is 0.548. The average Bonchev–Trinajstić information content (AvgIpc) is 3.46. The van der Waals surface area contributed by atoms with Crippen LogP contribution in [0.5, 0.6) is 0 Å². The minimum atomic E-state index is -1.77. The molecule has 48 heavy (non-hydrogen) atoms. The molecule has 1 aromatic carbocycles. The SMILES string of the molecule is CCCc1ccc(NC(=O)C2=CCN(C)[C@@H]([C@H](OC3OC(CN)C(O)C3O)C3OC(n4ccc(=O)[nH]c4=O)C(O)C3O)C(=O)N2C)cc1. The number of nitrogens with one attached hydrogen (secondary N) is 2. The second-order valence-electron chi connectivity index (χ2n) is 12.1. The quantitative estimate of drug-likeness (QED) is 0.135. The number of carbonyl (C=O) groups excluding carboxylic acids is 2. The Balaban J connectivity index is 1.45. The first-order valence-corrected chi connectivity index (χ1v) is 15.6. The highest BCUT2D eigenvalue weighted by atomic mass is 16.7. The number of anilines is 1. The number of aliphatic hydroxyl groups excluding tert-OH is 4. The Labute approximate surface area is 275 Å². The molecule has 8 N–H and O–H groups in total. The summed E-state index contributed by atoms with van der Waals surface area (Å²) in [6.45, 7) is 1.92. The van der Waals surface area contributed by atoms with Crippen molar-refractivity contribution >= 4 is 17.5 Å². The third-order valence-corrected chi connectivity index (χ3v) is 8.85. The summed E-state index contributed by atoms with van der Waals surface area (Å²) >= 11 is 0. The first-order chi connectivity index (χ1) is 22.9. The van der Waals surface area contributed by atoms with E-state index in [1.807, 2.05) is 17.1 Å². The normalized spacial score (nSPS) is 31.8. The largest absolute Gasteiger partial charge is 0.387 e. The van der Waals surface area contributed by atoms with Crippen LogP contribution in [0.15, 0.2) is 57.9 Å². The van der Waals surface area contributed by atoms with Crippen molar-refractivity contribution in [1.82, 2.24) is 19.4 Å². The van der Waals surface area contributed by atoms with Gasteiger partial charge in [-0.25, -0.2) is 4.79 Å². The number of nitrogens with zero attached hydrogens (tertiary/aromatic N) is 3. The molecule has 3 aliphatic heterocycles. The first kappa shape index (κ1) is 35.5. The third kappa shape index (κ3) is 7.00. The average molecular weight is 675 g/mol. The van der Waals surface area contributed by atoms with E-state index < -0.39 is 84.4 Å². The lowest BCUT2D eigenvalue weighted by atomic mass is 9.97. The Bertz CT molecular complexity index is 1610. The van der Waals surface area contributed by atoms with Crippen LogP contribution < -0.4 is 22.3 Å². The summed E-state index contributed by atoms with van der Waals surface area (Å²) in [7, 11) is 2.95. The molecule has 17 nitrogen and oxygen atoms in total. The van der Waals surface area contributed by atoms with Crippen LogP contribution in [0, 0.1) is 0 Å². The van der Waals surface area contributed by atoms with Crippen molar-refractivity contribution in [3.05, 3.63) is 74.7 Å². The summed E-state index contributed by atoms with van der Waals surface area (Å²) in [5.41, 5.74) is 5.71. The van der Waals surface area contributed by atoms with Crippen LogP contribution in [-0.4, -0.2) is 134 Å². The minimum absolute atomic E-state index is 0.0205. The number of nitrogens with two attached hydrogens (primary N) is 1. The van der Waals surface area contributed by atoms with Crippen LogP contribution in [0.1, 0.15) is 25.1 Å². The number of aromatic nitrogens is 2. The number of hydrogen-bond donors (Lipinski definition) is 7. The van der Waals surface area contributed by atoms with Gasteiger partial charge in [-0.3, -0.25) is 28.8 Å². The molecule has 8 unspecified atom stereocenters. The molecule has 0 spiro atoms. The van der Waals surface area contributed by atoms with Crippen molar-refractivity contribution in [2.75, 3.05) is 32.5 Å². The number of amides is 2. The molecule has 2 fully saturated rings.